The molecule has 0 spiro atoms. The van der Waals surface area contributed by atoms with Gasteiger partial charge >= 0.3 is 0 Å². The number of ketones is 1. The second-order valence-electron chi connectivity index (χ2n) is 4.11. The Bertz CT molecular complexity index is 487. The molecule has 0 amide bonds. The van der Waals surface area contributed by atoms with E-state index in [0.717, 1.165) is 28.0 Å². The van der Waals surface area contributed by atoms with E-state index in [1.165, 1.54) is 13.0 Å². The molecule has 17 heavy (non-hydrogen) atoms. The van der Waals surface area contributed by atoms with Gasteiger partial charge < -0.3 is 4.74 Å². The fourth-order valence-corrected chi connectivity index (χ4v) is 1.73. The van der Waals surface area contributed by atoms with Gasteiger partial charge in [-0.2, -0.15) is 0 Å². The number of methoxy groups -OCH3 is 1. The van der Waals surface area contributed by atoms with Gasteiger partial charge in [0.25, 0.3) is 0 Å². The van der Waals surface area contributed by atoms with Gasteiger partial charge in [0.1, 0.15) is 5.75 Å². The first-order valence-corrected chi connectivity index (χ1v) is 5.41. The number of aryl methyl sites for hydroxylation is 1. The average Bonchev–Trinajstić information content (AvgIpc) is 2.28. The van der Waals surface area contributed by atoms with Gasteiger partial charge in [0.2, 0.25) is 0 Å². The zero-order valence-corrected chi connectivity index (χ0v) is 10.8. The Hall–Kier alpha value is -1.64. The molecule has 0 N–H and O–H groups in total. The number of hydrogen-bond acceptors (Lipinski definition) is 2. The van der Waals surface area contributed by atoms with E-state index in [9.17, 15) is 9.18 Å². The van der Waals surface area contributed by atoms with E-state index >= 15 is 0 Å². The number of hydrogen-bond donors (Lipinski definition) is 0. The molecule has 3 heteroatoms. The van der Waals surface area contributed by atoms with E-state index in [1.807, 2.05) is 26.8 Å². The minimum absolute atomic E-state index is 0.558. The first-order valence-electron chi connectivity index (χ1n) is 5.41. The molecule has 1 rings (SSSR count). The Labute approximate surface area is 101 Å². The summed E-state index contributed by atoms with van der Waals surface area (Å²) in [5.41, 5.74) is 3.52. The second-order valence-corrected chi connectivity index (χ2v) is 4.11. The lowest BCUT2D eigenvalue weighted by Gasteiger charge is -2.13. The van der Waals surface area contributed by atoms with Crippen molar-refractivity contribution in [2.75, 3.05) is 7.11 Å². The van der Waals surface area contributed by atoms with Crippen LogP contribution in [0.1, 0.15) is 29.2 Å². The molecule has 0 heterocycles. The number of benzene rings is 1. The number of Topliss-reactive ketones (excluding diaryl/α,β-unsaturated/α-hetero) is 1. The molecule has 0 bridgehead atoms. The molecule has 0 fully saturated rings. The van der Waals surface area contributed by atoms with Crippen LogP contribution in [0.5, 0.6) is 5.75 Å². The van der Waals surface area contributed by atoms with Gasteiger partial charge in [-0.1, -0.05) is 0 Å². The molecule has 0 saturated heterocycles. The molecular formula is C14H17FO2. The van der Waals surface area contributed by atoms with Crippen LogP contribution in [-0.4, -0.2) is 12.9 Å². The largest absolute Gasteiger partial charge is 0.496 e. The highest BCUT2D eigenvalue weighted by molar-refractivity contribution is 5.95. The first kappa shape index (κ1) is 13.4. The van der Waals surface area contributed by atoms with Crippen LogP contribution < -0.4 is 4.74 Å². The van der Waals surface area contributed by atoms with Gasteiger partial charge in [-0.15, -0.1) is 0 Å². The van der Waals surface area contributed by atoms with Crippen molar-refractivity contribution >= 4 is 11.9 Å². The van der Waals surface area contributed by atoms with E-state index in [0.29, 0.717) is 0 Å². The summed E-state index contributed by atoms with van der Waals surface area (Å²) in [7, 11) is 1.60. The molecular weight excluding hydrogens is 219 g/mol. The Morgan fingerprint density at radius 1 is 1.29 bits per heavy atom. The summed E-state index contributed by atoms with van der Waals surface area (Å²) in [5, 5.41) is 0. The number of halogens is 1. The molecule has 0 aliphatic rings. The van der Waals surface area contributed by atoms with Gasteiger partial charge in [0.15, 0.2) is 11.6 Å². The topological polar surface area (TPSA) is 26.3 Å². The van der Waals surface area contributed by atoms with E-state index in [2.05, 4.69) is 0 Å². The molecule has 92 valence electrons. The maximum Gasteiger partial charge on any atom is 0.188 e. The van der Waals surface area contributed by atoms with Gasteiger partial charge in [-0.3, -0.25) is 4.79 Å². The normalized spacial score (nSPS) is 11.5. The highest BCUT2D eigenvalue weighted by Crippen LogP contribution is 2.29. The predicted molar refractivity (Wildman–Crippen MR) is 67.0 cm³/mol. The van der Waals surface area contributed by atoms with Gasteiger partial charge in [0.05, 0.1) is 7.11 Å². The van der Waals surface area contributed by atoms with E-state index in [1.54, 1.807) is 7.11 Å². The lowest BCUT2D eigenvalue weighted by atomic mass is 9.96. The monoisotopic (exact) mass is 236 g/mol. The zero-order valence-electron chi connectivity index (χ0n) is 10.8. The van der Waals surface area contributed by atoms with Crippen molar-refractivity contribution in [3.63, 3.8) is 0 Å². The van der Waals surface area contributed by atoms with Crippen LogP contribution >= 0.6 is 0 Å². The standard InChI is InChI=1S/C14H17FO2/c1-8-6-14(17-5)10(3)9(2)12(8)7-13(15)11(4)16/h6-7H,1-5H3/b13-7-. The predicted octanol–water partition coefficient (Wildman–Crippen LogP) is 3.52. The summed E-state index contributed by atoms with van der Waals surface area (Å²) in [6.45, 7) is 6.89. The second kappa shape index (κ2) is 5.13. The molecule has 1 aromatic carbocycles. The summed E-state index contributed by atoms with van der Waals surface area (Å²) in [6, 6.07) is 1.85. The van der Waals surface area contributed by atoms with Crippen LogP contribution in [0, 0.1) is 20.8 Å². The van der Waals surface area contributed by atoms with Crippen LogP contribution in [0.2, 0.25) is 0 Å². The smallest absolute Gasteiger partial charge is 0.188 e. The van der Waals surface area contributed by atoms with Crippen molar-refractivity contribution in [2.45, 2.75) is 27.7 Å². The summed E-state index contributed by atoms with van der Waals surface area (Å²) < 4.78 is 18.6. The lowest BCUT2D eigenvalue weighted by molar-refractivity contribution is -0.114. The SMILES string of the molecule is COc1cc(C)c(/C=C(\F)C(C)=O)c(C)c1C. The lowest BCUT2D eigenvalue weighted by Crippen LogP contribution is -1.97. The number of ether oxygens (including phenoxy) is 1. The fourth-order valence-electron chi connectivity index (χ4n) is 1.73. The first-order chi connectivity index (χ1) is 7.88. The Morgan fingerprint density at radius 3 is 2.35 bits per heavy atom. The third-order valence-electron chi connectivity index (χ3n) is 2.94. The highest BCUT2D eigenvalue weighted by atomic mass is 19.1. The van der Waals surface area contributed by atoms with Gasteiger partial charge in [0, 0.05) is 6.92 Å². The van der Waals surface area contributed by atoms with E-state index < -0.39 is 11.6 Å². The Kier molecular flexibility index (Phi) is 4.05. The van der Waals surface area contributed by atoms with Crippen molar-refractivity contribution in [2.24, 2.45) is 0 Å². The van der Waals surface area contributed by atoms with Gasteiger partial charge in [-0.25, -0.2) is 4.39 Å². The Morgan fingerprint density at radius 2 is 1.88 bits per heavy atom. The van der Waals surface area contributed by atoms with Crippen molar-refractivity contribution in [3.8, 4) is 5.75 Å². The molecule has 0 aliphatic carbocycles. The Balaban J connectivity index is 3.41. The average molecular weight is 236 g/mol. The molecule has 2 nitrogen and oxygen atoms in total. The number of carbonyl (C=O) groups excluding carboxylic acids is 1. The third kappa shape index (κ3) is 2.73. The van der Waals surface area contributed by atoms with Crippen molar-refractivity contribution in [3.05, 3.63) is 34.1 Å². The van der Waals surface area contributed by atoms with Crippen molar-refractivity contribution in [1.29, 1.82) is 0 Å². The van der Waals surface area contributed by atoms with Crippen LogP contribution in [0.25, 0.3) is 6.08 Å². The fraction of sp³-hybridized carbons (Fsp3) is 0.357. The highest BCUT2D eigenvalue weighted by Gasteiger charge is 2.11. The number of allylic oxidation sites excluding steroid dienone is 1. The zero-order chi connectivity index (χ0) is 13.2. The van der Waals surface area contributed by atoms with Crippen LogP contribution in [-0.2, 0) is 4.79 Å². The maximum absolute atomic E-state index is 13.4. The number of rotatable bonds is 3. The molecule has 0 aromatic heterocycles. The van der Waals surface area contributed by atoms with Crippen molar-refractivity contribution < 1.29 is 13.9 Å². The van der Waals surface area contributed by atoms with Crippen LogP contribution in [0.4, 0.5) is 4.39 Å². The molecule has 0 aliphatic heterocycles. The third-order valence-corrected chi connectivity index (χ3v) is 2.94. The van der Waals surface area contributed by atoms with Gasteiger partial charge in [-0.05, 0) is 55.2 Å². The van der Waals surface area contributed by atoms with Crippen LogP contribution in [0.3, 0.4) is 0 Å². The number of carbonyl (C=O) groups is 1. The molecule has 0 unspecified atom stereocenters. The molecule has 0 atom stereocenters. The minimum atomic E-state index is -0.722. The summed E-state index contributed by atoms with van der Waals surface area (Å²) in [5.74, 6) is -0.501. The maximum atomic E-state index is 13.4. The summed E-state index contributed by atoms with van der Waals surface area (Å²) >= 11 is 0. The van der Waals surface area contributed by atoms with E-state index in [4.69, 9.17) is 4.74 Å². The quantitative estimate of drug-likeness (QED) is 0.750. The molecule has 1 aromatic rings. The summed E-state index contributed by atoms with van der Waals surface area (Å²) in [4.78, 5) is 10.9. The summed E-state index contributed by atoms with van der Waals surface area (Å²) in [6.07, 6.45) is 1.29. The minimum Gasteiger partial charge on any atom is -0.496 e. The van der Waals surface area contributed by atoms with E-state index in [-0.39, 0.29) is 0 Å². The van der Waals surface area contributed by atoms with Crippen LogP contribution in [0.15, 0.2) is 11.9 Å². The van der Waals surface area contributed by atoms with Crippen molar-refractivity contribution in [1.82, 2.24) is 0 Å². The molecule has 0 radical (unpaired) electrons. The molecule has 0 saturated carbocycles.